The molecule has 21 heavy (non-hydrogen) atoms. The van der Waals surface area contributed by atoms with Gasteiger partial charge >= 0.3 is 0 Å². The van der Waals surface area contributed by atoms with E-state index in [-0.39, 0.29) is 18.4 Å². The molecule has 3 heteroatoms. The Morgan fingerprint density at radius 2 is 2.14 bits per heavy atom. The number of carbonyl (C=O) groups excluding carboxylic acids is 1. The van der Waals surface area contributed by atoms with E-state index in [4.69, 9.17) is 5.11 Å². The maximum absolute atomic E-state index is 12.1. The molecule has 2 aliphatic rings. The molecule has 1 aromatic carbocycles. The summed E-state index contributed by atoms with van der Waals surface area (Å²) in [5.41, 5.74) is 2.00. The Morgan fingerprint density at radius 3 is 2.90 bits per heavy atom. The van der Waals surface area contributed by atoms with Crippen molar-refractivity contribution in [2.24, 2.45) is 17.8 Å². The number of nitrogens with one attached hydrogen (secondary N) is 1. The fourth-order valence-electron chi connectivity index (χ4n) is 3.50. The molecule has 2 aliphatic carbocycles. The summed E-state index contributed by atoms with van der Waals surface area (Å²) in [4.78, 5) is 12.1. The number of aliphatic hydroxyl groups is 1. The molecule has 0 aromatic heterocycles. The second-order valence-corrected chi connectivity index (χ2v) is 5.98. The second kappa shape index (κ2) is 6.32. The van der Waals surface area contributed by atoms with Crippen molar-refractivity contribution in [1.82, 2.24) is 5.32 Å². The lowest BCUT2D eigenvalue weighted by molar-refractivity contribution is -0.123. The first-order chi connectivity index (χ1) is 10.3. The highest BCUT2D eigenvalue weighted by Gasteiger charge is 2.56. The van der Waals surface area contributed by atoms with Crippen molar-refractivity contribution in [2.75, 3.05) is 6.61 Å². The van der Waals surface area contributed by atoms with Crippen molar-refractivity contribution in [2.45, 2.75) is 32.2 Å². The fraction of sp³-hybridized carbons (Fsp3) is 0.500. The predicted octanol–water partition coefficient (Wildman–Crippen LogP) is 2.08. The Hall–Kier alpha value is -1.79. The van der Waals surface area contributed by atoms with Crippen LogP contribution in [0.1, 0.15) is 36.8 Å². The monoisotopic (exact) mass is 283 g/mol. The van der Waals surface area contributed by atoms with Crippen LogP contribution < -0.4 is 5.32 Å². The zero-order chi connectivity index (χ0) is 14.7. The molecule has 1 aromatic rings. The first-order valence-corrected chi connectivity index (χ1v) is 7.76. The Balaban J connectivity index is 1.52. The van der Waals surface area contributed by atoms with Crippen LogP contribution in [0.25, 0.3) is 0 Å². The van der Waals surface area contributed by atoms with Crippen molar-refractivity contribution < 1.29 is 9.90 Å². The Labute approximate surface area is 125 Å². The molecule has 2 saturated carbocycles. The van der Waals surface area contributed by atoms with E-state index in [1.807, 2.05) is 24.3 Å². The van der Waals surface area contributed by atoms with Gasteiger partial charge in [-0.2, -0.15) is 0 Å². The second-order valence-electron chi connectivity index (χ2n) is 5.98. The summed E-state index contributed by atoms with van der Waals surface area (Å²) >= 11 is 0. The largest absolute Gasteiger partial charge is 0.395 e. The Morgan fingerprint density at radius 1 is 1.33 bits per heavy atom. The van der Waals surface area contributed by atoms with Crippen LogP contribution >= 0.6 is 0 Å². The lowest BCUT2D eigenvalue weighted by atomic mass is 10.1. The van der Waals surface area contributed by atoms with Crippen molar-refractivity contribution in [3.05, 3.63) is 35.4 Å². The van der Waals surface area contributed by atoms with Gasteiger partial charge in [-0.3, -0.25) is 4.79 Å². The van der Waals surface area contributed by atoms with Crippen LogP contribution in [0.2, 0.25) is 0 Å². The van der Waals surface area contributed by atoms with E-state index in [9.17, 15) is 4.79 Å². The van der Waals surface area contributed by atoms with E-state index in [0.717, 1.165) is 11.1 Å². The van der Waals surface area contributed by atoms with E-state index in [0.29, 0.717) is 24.8 Å². The van der Waals surface area contributed by atoms with Crippen LogP contribution in [0.3, 0.4) is 0 Å². The zero-order valence-corrected chi connectivity index (χ0v) is 12.1. The normalized spacial score (nSPS) is 25.7. The number of carbonyl (C=O) groups is 1. The summed E-state index contributed by atoms with van der Waals surface area (Å²) in [5, 5.41) is 11.8. The number of hydrogen-bond donors (Lipinski definition) is 2. The van der Waals surface area contributed by atoms with Crippen LogP contribution in [0, 0.1) is 29.6 Å². The summed E-state index contributed by atoms with van der Waals surface area (Å²) in [6, 6.07) is 7.90. The van der Waals surface area contributed by atoms with Gasteiger partial charge in [-0.05, 0) is 42.4 Å². The van der Waals surface area contributed by atoms with Gasteiger partial charge in [-0.25, -0.2) is 0 Å². The highest BCUT2D eigenvalue weighted by molar-refractivity contribution is 5.82. The average molecular weight is 283 g/mol. The lowest BCUT2D eigenvalue weighted by Gasteiger charge is -2.07. The molecular weight excluding hydrogens is 262 g/mol. The van der Waals surface area contributed by atoms with Gasteiger partial charge in [0.2, 0.25) is 5.91 Å². The quantitative estimate of drug-likeness (QED) is 0.831. The van der Waals surface area contributed by atoms with Gasteiger partial charge in [0.1, 0.15) is 0 Å². The number of benzene rings is 1. The minimum atomic E-state index is 0.0898. The summed E-state index contributed by atoms with van der Waals surface area (Å²) in [6.07, 6.45) is 4.26. The van der Waals surface area contributed by atoms with E-state index < -0.39 is 0 Å². The van der Waals surface area contributed by atoms with E-state index in [2.05, 4.69) is 17.2 Å². The van der Waals surface area contributed by atoms with Crippen LogP contribution in [0.5, 0.6) is 0 Å². The fourth-order valence-corrected chi connectivity index (χ4v) is 3.50. The van der Waals surface area contributed by atoms with Gasteiger partial charge in [0.05, 0.1) is 6.61 Å². The smallest absolute Gasteiger partial charge is 0.223 e. The molecule has 0 heterocycles. The molecule has 2 N–H and O–H groups in total. The summed E-state index contributed by atoms with van der Waals surface area (Å²) in [7, 11) is 0. The van der Waals surface area contributed by atoms with Crippen molar-refractivity contribution in [1.29, 1.82) is 0 Å². The minimum Gasteiger partial charge on any atom is -0.395 e. The van der Waals surface area contributed by atoms with Gasteiger partial charge in [0, 0.05) is 24.4 Å². The van der Waals surface area contributed by atoms with E-state index >= 15 is 0 Å². The average Bonchev–Trinajstić information content (AvgIpc) is 2.98. The van der Waals surface area contributed by atoms with E-state index in [1.54, 1.807) is 0 Å². The molecule has 3 nitrogen and oxygen atoms in total. The van der Waals surface area contributed by atoms with Gasteiger partial charge in [-0.15, -0.1) is 0 Å². The van der Waals surface area contributed by atoms with Gasteiger partial charge in [0.15, 0.2) is 0 Å². The van der Waals surface area contributed by atoms with Crippen LogP contribution in [0.15, 0.2) is 24.3 Å². The molecular formula is C18H21NO2. The molecule has 2 unspecified atom stereocenters. The molecule has 0 bridgehead atoms. The SMILES string of the molecule is O=C(NCc1cccc(C#CCCO)c1)C1C2CCCC21. The third-order valence-corrected chi connectivity index (χ3v) is 4.57. The standard InChI is InChI=1S/C18H21NO2/c20-10-2-1-5-13-6-3-7-14(11-13)12-19-18(21)17-15-8-4-9-16(15)17/h3,6-7,11,15-17,20H,2,4,8-10,12H2,(H,19,21). The number of aliphatic hydroxyl groups excluding tert-OH is 1. The molecule has 0 radical (unpaired) electrons. The van der Waals surface area contributed by atoms with Gasteiger partial charge < -0.3 is 10.4 Å². The topological polar surface area (TPSA) is 49.3 Å². The molecule has 2 atom stereocenters. The zero-order valence-electron chi connectivity index (χ0n) is 12.1. The molecule has 0 spiro atoms. The van der Waals surface area contributed by atoms with Crippen LogP contribution in [-0.4, -0.2) is 17.6 Å². The summed E-state index contributed by atoms with van der Waals surface area (Å²) in [5.74, 6) is 7.77. The molecule has 1 amide bonds. The highest BCUT2D eigenvalue weighted by Crippen LogP contribution is 2.57. The van der Waals surface area contributed by atoms with Gasteiger partial charge in [0.25, 0.3) is 0 Å². The van der Waals surface area contributed by atoms with Crippen LogP contribution in [-0.2, 0) is 11.3 Å². The van der Waals surface area contributed by atoms with Crippen LogP contribution in [0.4, 0.5) is 0 Å². The summed E-state index contributed by atoms with van der Waals surface area (Å²) in [6.45, 7) is 0.663. The predicted molar refractivity (Wildman–Crippen MR) is 81.2 cm³/mol. The number of amides is 1. The first kappa shape index (κ1) is 14.2. The Bertz CT molecular complexity index is 574. The van der Waals surface area contributed by atoms with Gasteiger partial charge in [-0.1, -0.05) is 30.4 Å². The molecule has 3 rings (SSSR count). The molecule has 110 valence electrons. The molecule has 2 fully saturated rings. The number of fused-ring (bicyclic) bond motifs is 1. The van der Waals surface area contributed by atoms with Crippen molar-refractivity contribution >= 4 is 5.91 Å². The molecule has 0 aliphatic heterocycles. The Kier molecular flexibility index (Phi) is 4.26. The third-order valence-electron chi connectivity index (χ3n) is 4.57. The number of hydrogen-bond acceptors (Lipinski definition) is 2. The maximum atomic E-state index is 12.1. The maximum Gasteiger partial charge on any atom is 0.223 e. The molecule has 0 saturated heterocycles. The first-order valence-electron chi connectivity index (χ1n) is 7.76. The lowest BCUT2D eigenvalue weighted by Crippen LogP contribution is -2.26. The van der Waals surface area contributed by atoms with E-state index in [1.165, 1.54) is 19.3 Å². The minimum absolute atomic E-state index is 0.0898. The number of rotatable bonds is 4. The third kappa shape index (κ3) is 3.28. The summed E-state index contributed by atoms with van der Waals surface area (Å²) < 4.78 is 0. The highest BCUT2D eigenvalue weighted by atomic mass is 16.2. The van der Waals surface area contributed by atoms with Crippen molar-refractivity contribution in [3.8, 4) is 11.8 Å². The van der Waals surface area contributed by atoms with Crippen molar-refractivity contribution in [3.63, 3.8) is 0 Å².